The number of benzene rings is 2. The van der Waals surface area contributed by atoms with Gasteiger partial charge in [-0.05, 0) is 48.5 Å². The third kappa shape index (κ3) is 5.14. The molecule has 6 nitrogen and oxygen atoms in total. The molecule has 0 unspecified atom stereocenters. The number of hydrogen-bond acceptors (Lipinski definition) is 5. The molecular weight excluding hydrogens is 450 g/mol. The molecule has 0 aliphatic rings. The molecule has 0 aliphatic heterocycles. The Morgan fingerprint density at radius 3 is 2.50 bits per heavy atom. The predicted molar refractivity (Wildman–Crippen MR) is 109 cm³/mol. The molecule has 0 saturated heterocycles. The van der Waals surface area contributed by atoms with Crippen LogP contribution in [0.2, 0.25) is 5.15 Å². The predicted octanol–water partition coefficient (Wildman–Crippen LogP) is 5.88. The fourth-order valence-corrected chi connectivity index (χ4v) is 2.97. The third-order valence-electron chi connectivity index (χ3n) is 4.26. The summed E-state index contributed by atoms with van der Waals surface area (Å²) in [6.45, 7) is 0.117. The summed E-state index contributed by atoms with van der Waals surface area (Å²) in [4.78, 5) is 3.28. The fraction of sp³-hybridized carbons (Fsp3) is 0.0952. The van der Waals surface area contributed by atoms with Gasteiger partial charge in [0, 0.05) is 5.69 Å². The Morgan fingerprint density at radius 2 is 1.78 bits per heavy atom. The van der Waals surface area contributed by atoms with Crippen molar-refractivity contribution >= 4 is 17.3 Å². The Bertz CT molecular complexity index is 1230. The van der Waals surface area contributed by atoms with Gasteiger partial charge in [0.05, 0.1) is 18.4 Å². The molecule has 164 valence electrons. The van der Waals surface area contributed by atoms with Crippen LogP contribution in [0.1, 0.15) is 11.4 Å². The van der Waals surface area contributed by atoms with E-state index >= 15 is 0 Å². The molecule has 0 saturated carbocycles. The van der Waals surface area contributed by atoms with Crippen LogP contribution in [0.25, 0.3) is 5.69 Å². The first-order chi connectivity index (χ1) is 15.3. The molecule has 0 fully saturated rings. The van der Waals surface area contributed by atoms with Crippen LogP contribution in [0.4, 0.5) is 23.2 Å². The Morgan fingerprint density at radius 1 is 1.03 bits per heavy atom. The minimum Gasteiger partial charge on any atom is -0.454 e. The van der Waals surface area contributed by atoms with E-state index in [1.807, 2.05) is 0 Å². The van der Waals surface area contributed by atoms with E-state index in [-0.39, 0.29) is 23.1 Å². The summed E-state index contributed by atoms with van der Waals surface area (Å²) in [6, 6.07) is 14.9. The number of hydrogen-bond donors (Lipinski definition) is 1. The molecule has 0 amide bonds. The van der Waals surface area contributed by atoms with Gasteiger partial charge >= 0.3 is 6.18 Å². The van der Waals surface area contributed by atoms with Gasteiger partial charge in [-0.1, -0.05) is 28.9 Å². The Hall–Kier alpha value is -3.66. The molecule has 4 rings (SSSR count). The summed E-state index contributed by atoms with van der Waals surface area (Å²) in [6.07, 6.45) is -2.99. The summed E-state index contributed by atoms with van der Waals surface area (Å²) in [5.41, 5.74) is 0.212. The zero-order valence-electron chi connectivity index (χ0n) is 16.1. The van der Waals surface area contributed by atoms with Gasteiger partial charge in [0.15, 0.2) is 11.6 Å². The zero-order chi connectivity index (χ0) is 22.7. The standard InChI is InChI=1S/C21H14ClF4N5O/c22-20-10-13(9-19(28-20)21(24,25)26)27-11-14-12-31(30-29-14)15-5-7-16(8-6-15)32-18-4-2-1-3-17(18)23/h1-10,12H,11H2,(H,27,28). The number of pyridine rings is 1. The number of halogens is 5. The second-order valence-electron chi connectivity index (χ2n) is 6.60. The van der Waals surface area contributed by atoms with Crippen molar-refractivity contribution in [1.29, 1.82) is 0 Å². The van der Waals surface area contributed by atoms with Crippen molar-refractivity contribution in [1.82, 2.24) is 20.0 Å². The molecule has 2 aromatic heterocycles. The number of nitrogens with zero attached hydrogens (tertiary/aromatic N) is 4. The number of aromatic nitrogens is 4. The average molecular weight is 464 g/mol. The van der Waals surface area contributed by atoms with Gasteiger partial charge in [0.25, 0.3) is 0 Å². The van der Waals surface area contributed by atoms with Crippen LogP contribution in [-0.4, -0.2) is 20.0 Å². The van der Waals surface area contributed by atoms with Crippen molar-refractivity contribution in [3.63, 3.8) is 0 Å². The topological polar surface area (TPSA) is 64.9 Å². The van der Waals surface area contributed by atoms with E-state index in [0.717, 1.165) is 6.07 Å². The van der Waals surface area contributed by atoms with E-state index in [4.69, 9.17) is 16.3 Å². The van der Waals surface area contributed by atoms with Crippen molar-refractivity contribution in [2.75, 3.05) is 5.32 Å². The summed E-state index contributed by atoms with van der Waals surface area (Å²) in [5.74, 6) is 0.0815. The van der Waals surface area contributed by atoms with Crippen LogP contribution in [0, 0.1) is 5.82 Å². The van der Waals surface area contributed by atoms with Crippen LogP contribution in [0.3, 0.4) is 0 Å². The first-order valence-corrected chi connectivity index (χ1v) is 9.58. The van der Waals surface area contributed by atoms with Crippen LogP contribution < -0.4 is 10.1 Å². The minimum atomic E-state index is -4.60. The summed E-state index contributed by atoms with van der Waals surface area (Å²) in [5, 5.41) is 10.6. The van der Waals surface area contributed by atoms with E-state index in [1.54, 1.807) is 42.6 Å². The Kier molecular flexibility index (Phi) is 5.95. The largest absolute Gasteiger partial charge is 0.454 e. The highest BCUT2D eigenvalue weighted by Crippen LogP contribution is 2.31. The SMILES string of the molecule is Fc1ccccc1Oc1ccc(-n2cc(CNc3cc(Cl)nc(C(F)(F)F)c3)nn2)cc1. The summed E-state index contributed by atoms with van der Waals surface area (Å²) < 4.78 is 59.3. The molecule has 1 N–H and O–H groups in total. The number of nitrogens with one attached hydrogen (secondary N) is 1. The van der Waals surface area contributed by atoms with E-state index < -0.39 is 17.7 Å². The Labute approximate surface area is 184 Å². The summed E-state index contributed by atoms with van der Waals surface area (Å²) >= 11 is 5.68. The molecule has 0 atom stereocenters. The van der Waals surface area contributed by atoms with Crippen LogP contribution in [0.5, 0.6) is 11.5 Å². The highest BCUT2D eigenvalue weighted by Gasteiger charge is 2.33. The number of alkyl halides is 3. The number of rotatable bonds is 6. The van der Waals surface area contributed by atoms with Crippen LogP contribution >= 0.6 is 11.6 Å². The number of ether oxygens (including phenoxy) is 1. The lowest BCUT2D eigenvalue weighted by molar-refractivity contribution is -0.141. The molecule has 0 radical (unpaired) electrons. The minimum absolute atomic E-state index is 0.110. The van der Waals surface area contributed by atoms with Gasteiger partial charge in [-0.15, -0.1) is 5.10 Å². The molecule has 4 aromatic rings. The maximum atomic E-state index is 13.7. The molecule has 11 heteroatoms. The van der Waals surface area contributed by atoms with Crippen molar-refractivity contribution in [2.24, 2.45) is 0 Å². The van der Waals surface area contributed by atoms with Crippen molar-refractivity contribution < 1.29 is 22.3 Å². The first-order valence-electron chi connectivity index (χ1n) is 9.20. The fourth-order valence-electron chi connectivity index (χ4n) is 2.76. The molecular formula is C21H14ClF4N5O. The van der Waals surface area contributed by atoms with Gasteiger partial charge in [-0.3, -0.25) is 0 Å². The number of para-hydroxylation sites is 1. The average Bonchev–Trinajstić information content (AvgIpc) is 3.23. The van der Waals surface area contributed by atoms with Gasteiger partial charge in [0.1, 0.15) is 22.3 Å². The van der Waals surface area contributed by atoms with Crippen molar-refractivity contribution in [3.05, 3.63) is 89.2 Å². The van der Waals surface area contributed by atoms with Crippen molar-refractivity contribution in [2.45, 2.75) is 12.7 Å². The maximum absolute atomic E-state index is 13.7. The molecule has 0 aliphatic carbocycles. The highest BCUT2D eigenvalue weighted by molar-refractivity contribution is 6.29. The van der Waals surface area contributed by atoms with Crippen LogP contribution in [-0.2, 0) is 12.7 Å². The zero-order valence-corrected chi connectivity index (χ0v) is 16.9. The van der Waals surface area contributed by atoms with E-state index in [2.05, 4.69) is 20.6 Å². The highest BCUT2D eigenvalue weighted by atomic mass is 35.5. The van der Waals surface area contributed by atoms with Crippen LogP contribution in [0.15, 0.2) is 66.9 Å². The number of anilines is 1. The smallest absolute Gasteiger partial charge is 0.433 e. The lowest BCUT2D eigenvalue weighted by Gasteiger charge is -2.10. The maximum Gasteiger partial charge on any atom is 0.433 e. The molecule has 32 heavy (non-hydrogen) atoms. The van der Waals surface area contributed by atoms with E-state index in [9.17, 15) is 17.6 Å². The molecule has 2 aromatic carbocycles. The molecule has 2 heterocycles. The molecule has 0 spiro atoms. The quantitative estimate of drug-likeness (QED) is 0.286. The normalized spacial score (nSPS) is 11.4. The molecule has 0 bridgehead atoms. The second kappa shape index (κ2) is 8.83. The van der Waals surface area contributed by atoms with Gasteiger partial charge in [0.2, 0.25) is 0 Å². The first kappa shape index (κ1) is 21.6. The van der Waals surface area contributed by atoms with E-state index in [0.29, 0.717) is 17.1 Å². The van der Waals surface area contributed by atoms with Gasteiger partial charge in [-0.2, -0.15) is 13.2 Å². The lowest BCUT2D eigenvalue weighted by Crippen LogP contribution is -2.09. The van der Waals surface area contributed by atoms with Gasteiger partial charge < -0.3 is 10.1 Å². The second-order valence-corrected chi connectivity index (χ2v) is 6.98. The van der Waals surface area contributed by atoms with Crippen molar-refractivity contribution in [3.8, 4) is 17.2 Å². The summed E-state index contributed by atoms with van der Waals surface area (Å²) in [7, 11) is 0. The monoisotopic (exact) mass is 463 g/mol. The lowest BCUT2D eigenvalue weighted by atomic mass is 10.3. The third-order valence-corrected chi connectivity index (χ3v) is 4.46. The Balaban J connectivity index is 1.42. The van der Waals surface area contributed by atoms with Gasteiger partial charge in [-0.25, -0.2) is 14.1 Å². The van der Waals surface area contributed by atoms with E-state index in [1.165, 1.54) is 22.9 Å².